The normalized spacial score (nSPS) is 17.1. The summed E-state index contributed by atoms with van der Waals surface area (Å²) >= 11 is 0. The van der Waals surface area contributed by atoms with E-state index >= 15 is 0 Å². The van der Waals surface area contributed by atoms with Gasteiger partial charge < -0.3 is 10.1 Å². The SMILES string of the molecule is COc1c(C)cccc1CN1CCCC(c2nn(CCNC(C)=O)c3ncccc23)C1. The van der Waals surface area contributed by atoms with Crippen LogP contribution in [0.2, 0.25) is 0 Å². The quantitative estimate of drug-likeness (QED) is 0.634. The molecule has 2 aromatic heterocycles. The van der Waals surface area contributed by atoms with Crippen molar-refractivity contribution >= 4 is 16.9 Å². The number of carbonyl (C=O) groups is 1. The standard InChI is InChI=1S/C24H31N5O2/c1-17-7-4-8-20(23(17)31-3)16-28-13-6-9-19(15-28)22-21-10-5-11-26-24(21)29(27-22)14-12-25-18(2)30/h4-5,7-8,10-11,19H,6,9,12-16H2,1-3H3,(H,25,30). The lowest BCUT2D eigenvalue weighted by atomic mass is 9.93. The van der Waals surface area contributed by atoms with E-state index in [1.807, 2.05) is 10.7 Å². The van der Waals surface area contributed by atoms with E-state index in [0.29, 0.717) is 19.0 Å². The van der Waals surface area contributed by atoms with E-state index in [-0.39, 0.29) is 5.91 Å². The number of para-hydroxylation sites is 1. The number of piperidine rings is 1. The summed E-state index contributed by atoms with van der Waals surface area (Å²) in [6.07, 6.45) is 4.06. The molecule has 164 valence electrons. The van der Waals surface area contributed by atoms with E-state index in [4.69, 9.17) is 9.84 Å². The minimum Gasteiger partial charge on any atom is -0.496 e. The molecule has 1 saturated heterocycles. The number of hydrogen-bond acceptors (Lipinski definition) is 5. The maximum Gasteiger partial charge on any atom is 0.216 e. The summed E-state index contributed by atoms with van der Waals surface area (Å²) in [5.74, 6) is 1.32. The molecule has 7 nitrogen and oxygen atoms in total. The second-order valence-electron chi connectivity index (χ2n) is 8.31. The van der Waals surface area contributed by atoms with Gasteiger partial charge in [0.05, 0.1) is 19.3 Å². The maximum atomic E-state index is 11.2. The van der Waals surface area contributed by atoms with E-state index in [2.05, 4.69) is 46.4 Å². The number of aromatic nitrogens is 3. The highest BCUT2D eigenvalue weighted by atomic mass is 16.5. The number of carbonyl (C=O) groups excluding carboxylic acids is 1. The highest BCUT2D eigenvalue weighted by Crippen LogP contribution is 2.33. The minimum atomic E-state index is -0.0286. The molecule has 1 amide bonds. The van der Waals surface area contributed by atoms with Gasteiger partial charge in [-0.3, -0.25) is 9.69 Å². The molecule has 1 aromatic carbocycles. The Morgan fingerprint density at radius 2 is 2.16 bits per heavy atom. The number of fused-ring (bicyclic) bond motifs is 1. The number of hydrogen-bond donors (Lipinski definition) is 1. The lowest BCUT2D eigenvalue weighted by molar-refractivity contribution is -0.118. The predicted octanol–water partition coefficient (Wildman–Crippen LogP) is 3.26. The molecule has 1 unspecified atom stereocenters. The third-order valence-electron chi connectivity index (χ3n) is 6.02. The van der Waals surface area contributed by atoms with Gasteiger partial charge in [-0.05, 0) is 44.0 Å². The predicted molar refractivity (Wildman–Crippen MR) is 121 cm³/mol. The van der Waals surface area contributed by atoms with Crippen LogP contribution in [-0.2, 0) is 17.9 Å². The van der Waals surface area contributed by atoms with Crippen molar-refractivity contribution < 1.29 is 9.53 Å². The van der Waals surface area contributed by atoms with Crippen LogP contribution in [-0.4, -0.2) is 52.3 Å². The van der Waals surface area contributed by atoms with Crippen LogP contribution < -0.4 is 10.1 Å². The Morgan fingerprint density at radius 3 is 2.97 bits per heavy atom. The highest BCUT2D eigenvalue weighted by Gasteiger charge is 2.27. The van der Waals surface area contributed by atoms with Gasteiger partial charge in [0.1, 0.15) is 5.75 Å². The molecule has 7 heteroatoms. The van der Waals surface area contributed by atoms with Crippen molar-refractivity contribution in [2.45, 2.75) is 45.7 Å². The number of likely N-dealkylation sites (tertiary alicyclic amines) is 1. The number of pyridine rings is 1. The lowest BCUT2D eigenvalue weighted by Gasteiger charge is -2.32. The summed E-state index contributed by atoms with van der Waals surface area (Å²) in [6, 6.07) is 10.4. The van der Waals surface area contributed by atoms with Gasteiger partial charge in [-0.1, -0.05) is 18.2 Å². The number of rotatable bonds is 7. The molecule has 1 aliphatic rings. The Hall–Kier alpha value is -2.93. The Kier molecular flexibility index (Phi) is 6.51. The Morgan fingerprint density at radius 1 is 1.29 bits per heavy atom. The van der Waals surface area contributed by atoms with Crippen molar-refractivity contribution in [1.82, 2.24) is 25.0 Å². The van der Waals surface area contributed by atoms with Gasteiger partial charge in [0, 0.05) is 49.6 Å². The number of nitrogens with one attached hydrogen (secondary N) is 1. The molecular weight excluding hydrogens is 390 g/mol. The van der Waals surface area contributed by atoms with Crippen molar-refractivity contribution in [3.8, 4) is 5.75 Å². The highest BCUT2D eigenvalue weighted by molar-refractivity contribution is 5.79. The molecule has 0 bridgehead atoms. The lowest BCUT2D eigenvalue weighted by Crippen LogP contribution is -2.34. The monoisotopic (exact) mass is 421 g/mol. The summed E-state index contributed by atoms with van der Waals surface area (Å²) in [5.41, 5.74) is 4.41. The number of nitrogens with zero attached hydrogens (tertiary/aromatic N) is 4. The molecule has 31 heavy (non-hydrogen) atoms. The van der Waals surface area contributed by atoms with Crippen LogP contribution in [0.4, 0.5) is 0 Å². The summed E-state index contributed by atoms with van der Waals surface area (Å²) in [7, 11) is 1.75. The molecule has 1 atom stereocenters. The third-order valence-corrected chi connectivity index (χ3v) is 6.02. The smallest absolute Gasteiger partial charge is 0.216 e. The van der Waals surface area contributed by atoms with Gasteiger partial charge in [-0.2, -0.15) is 5.10 Å². The van der Waals surface area contributed by atoms with Crippen molar-refractivity contribution in [3.63, 3.8) is 0 Å². The first-order chi connectivity index (χ1) is 15.1. The van der Waals surface area contributed by atoms with Crippen LogP contribution in [0, 0.1) is 6.92 Å². The maximum absolute atomic E-state index is 11.2. The summed E-state index contributed by atoms with van der Waals surface area (Å²) < 4.78 is 7.60. The average Bonchev–Trinajstić information content (AvgIpc) is 3.13. The number of ether oxygens (including phenoxy) is 1. The van der Waals surface area contributed by atoms with Crippen LogP contribution in [0.3, 0.4) is 0 Å². The first kappa shape index (κ1) is 21.3. The van der Waals surface area contributed by atoms with Crippen molar-refractivity contribution in [2.75, 3.05) is 26.7 Å². The fourth-order valence-corrected chi connectivity index (χ4v) is 4.62. The van der Waals surface area contributed by atoms with E-state index in [1.165, 1.54) is 18.1 Å². The Bertz CT molecular complexity index is 1060. The molecule has 0 saturated carbocycles. The van der Waals surface area contributed by atoms with Crippen LogP contribution in [0.15, 0.2) is 36.5 Å². The molecule has 4 rings (SSSR count). The molecule has 3 heterocycles. The minimum absolute atomic E-state index is 0.0286. The Labute approximate surface area is 183 Å². The first-order valence-corrected chi connectivity index (χ1v) is 11.0. The van der Waals surface area contributed by atoms with Crippen LogP contribution in [0.25, 0.3) is 11.0 Å². The number of amides is 1. The van der Waals surface area contributed by atoms with Gasteiger partial charge in [0.25, 0.3) is 0 Å². The molecule has 0 spiro atoms. The molecule has 1 fully saturated rings. The van der Waals surface area contributed by atoms with Gasteiger partial charge in [0.15, 0.2) is 5.65 Å². The topological polar surface area (TPSA) is 72.3 Å². The number of aryl methyl sites for hydroxylation is 1. The van der Waals surface area contributed by atoms with E-state index < -0.39 is 0 Å². The van der Waals surface area contributed by atoms with Gasteiger partial charge in [-0.25, -0.2) is 9.67 Å². The average molecular weight is 422 g/mol. The molecule has 1 aliphatic heterocycles. The van der Waals surface area contributed by atoms with Crippen molar-refractivity contribution in [1.29, 1.82) is 0 Å². The molecule has 0 radical (unpaired) electrons. The van der Waals surface area contributed by atoms with E-state index in [1.54, 1.807) is 13.3 Å². The molecule has 3 aromatic rings. The van der Waals surface area contributed by atoms with Crippen LogP contribution in [0.1, 0.15) is 42.5 Å². The first-order valence-electron chi connectivity index (χ1n) is 11.0. The zero-order chi connectivity index (χ0) is 21.8. The molecule has 1 N–H and O–H groups in total. The second-order valence-corrected chi connectivity index (χ2v) is 8.31. The van der Waals surface area contributed by atoms with Gasteiger partial charge in [-0.15, -0.1) is 0 Å². The fourth-order valence-electron chi connectivity index (χ4n) is 4.62. The summed E-state index contributed by atoms with van der Waals surface area (Å²) in [4.78, 5) is 18.3. The number of benzene rings is 1. The van der Waals surface area contributed by atoms with E-state index in [0.717, 1.165) is 55.0 Å². The molecule has 0 aliphatic carbocycles. The van der Waals surface area contributed by atoms with Gasteiger partial charge in [0.2, 0.25) is 5.91 Å². The zero-order valence-corrected chi connectivity index (χ0v) is 18.6. The largest absolute Gasteiger partial charge is 0.496 e. The van der Waals surface area contributed by atoms with E-state index in [9.17, 15) is 4.79 Å². The second kappa shape index (κ2) is 9.47. The zero-order valence-electron chi connectivity index (χ0n) is 18.6. The van der Waals surface area contributed by atoms with Crippen LogP contribution >= 0.6 is 0 Å². The van der Waals surface area contributed by atoms with Crippen molar-refractivity contribution in [3.05, 3.63) is 53.3 Å². The summed E-state index contributed by atoms with van der Waals surface area (Å²) in [6.45, 7) is 7.70. The fraction of sp³-hybridized carbons (Fsp3) is 0.458. The van der Waals surface area contributed by atoms with Crippen LogP contribution in [0.5, 0.6) is 5.75 Å². The third kappa shape index (κ3) is 4.71. The van der Waals surface area contributed by atoms with Gasteiger partial charge >= 0.3 is 0 Å². The summed E-state index contributed by atoms with van der Waals surface area (Å²) in [5, 5.41) is 8.92. The number of methoxy groups -OCH3 is 1. The molecular formula is C24H31N5O2. The Balaban J connectivity index is 1.54. The van der Waals surface area contributed by atoms with Crippen molar-refractivity contribution in [2.24, 2.45) is 0 Å².